The number of carbonyl (C=O) groups is 2. The van der Waals surface area contributed by atoms with Crippen molar-refractivity contribution in [3.05, 3.63) is 71.5 Å². The van der Waals surface area contributed by atoms with Crippen LogP contribution in [0.5, 0.6) is 0 Å². The number of nitrogens with zero attached hydrogens (tertiary/aromatic N) is 1. The zero-order valence-electron chi connectivity index (χ0n) is 17.4. The molecule has 1 atom stereocenters. The summed E-state index contributed by atoms with van der Waals surface area (Å²) < 4.78 is 13.3. The first kappa shape index (κ1) is 21.1. The number of nitrogens with one attached hydrogen (secondary N) is 2. The topological polar surface area (TPSA) is 61.4 Å². The van der Waals surface area contributed by atoms with E-state index in [0.717, 1.165) is 43.6 Å². The molecule has 0 bridgehead atoms. The maximum absolute atomic E-state index is 13.3. The number of carbonyl (C=O) groups excluding carboxylic acids is 2. The van der Waals surface area contributed by atoms with Crippen LogP contribution in [0.15, 0.2) is 54.6 Å². The van der Waals surface area contributed by atoms with Crippen molar-refractivity contribution >= 4 is 11.8 Å². The maximum atomic E-state index is 13.3. The second kappa shape index (κ2) is 9.32. The molecule has 0 aromatic heterocycles. The van der Waals surface area contributed by atoms with Gasteiger partial charge < -0.3 is 15.5 Å². The lowest BCUT2D eigenvalue weighted by atomic mass is 9.68. The first-order valence-electron chi connectivity index (χ1n) is 10.7. The zero-order chi connectivity index (χ0) is 21.7. The molecule has 2 aromatic rings. The molecule has 6 heteroatoms. The zero-order valence-corrected chi connectivity index (χ0v) is 17.4. The molecule has 2 aliphatic rings. The quantitative estimate of drug-likeness (QED) is 0.748. The number of hydrogen-bond donors (Lipinski definition) is 2. The van der Waals surface area contributed by atoms with Crippen molar-refractivity contribution < 1.29 is 14.0 Å². The van der Waals surface area contributed by atoms with Crippen LogP contribution in [-0.2, 0) is 9.59 Å². The van der Waals surface area contributed by atoms with Gasteiger partial charge in [0.05, 0.1) is 5.41 Å². The number of halogens is 1. The molecule has 160 valence electrons. The highest BCUT2D eigenvalue weighted by atomic mass is 19.1. The predicted molar refractivity (Wildman–Crippen MR) is 117 cm³/mol. The van der Waals surface area contributed by atoms with E-state index in [2.05, 4.69) is 27.4 Å². The second-order valence-electron chi connectivity index (χ2n) is 8.18. The fraction of sp³-hybridized carbons (Fsp3) is 0.360. The number of rotatable bonds is 4. The van der Waals surface area contributed by atoms with Crippen LogP contribution in [0.2, 0.25) is 0 Å². The van der Waals surface area contributed by atoms with Crippen LogP contribution in [0, 0.1) is 23.1 Å². The lowest BCUT2D eigenvalue weighted by Gasteiger charge is -2.41. The van der Waals surface area contributed by atoms with Crippen LogP contribution in [0.4, 0.5) is 4.39 Å². The summed E-state index contributed by atoms with van der Waals surface area (Å²) in [5.74, 6) is 5.08. The number of likely N-dealkylation sites (tertiary alicyclic amines) is 1. The van der Waals surface area contributed by atoms with Gasteiger partial charge >= 0.3 is 0 Å². The molecule has 2 N–H and O–H groups in total. The van der Waals surface area contributed by atoms with E-state index in [9.17, 15) is 14.0 Å². The van der Waals surface area contributed by atoms with Crippen molar-refractivity contribution in [2.75, 3.05) is 32.7 Å². The monoisotopic (exact) mass is 419 g/mol. The lowest BCUT2D eigenvalue weighted by molar-refractivity contribution is -0.130. The van der Waals surface area contributed by atoms with Crippen LogP contribution < -0.4 is 10.6 Å². The van der Waals surface area contributed by atoms with E-state index in [4.69, 9.17) is 0 Å². The van der Waals surface area contributed by atoms with E-state index in [1.807, 2.05) is 30.3 Å². The Hall–Kier alpha value is -3.17. The van der Waals surface area contributed by atoms with Gasteiger partial charge in [-0.15, -0.1) is 0 Å². The lowest BCUT2D eigenvalue weighted by Crippen LogP contribution is -2.47. The molecular formula is C25H26FN3O2. The predicted octanol–water partition coefficient (Wildman–Crippen LogP) is 2.29. The molecule has 31 heavy (non-hydrogen) atoms. The fourth-order valence-corrected chi connectivity index (χ4v) is 4.63. The summed E-state index contributed by atoms with van der Waals surface area (Å²) in [6.07, 6.45) is 1.51. The first-order valence-corrected chi connectivity index (χ1v) is 10.7. The third-order valence-corrected chi connectivity index (χ3v) is 6.41. The smallest absolute Gasteiger partial charge is 0.296 e. The van der Waals surface area contributed by atoms with Crippen molar-refractivity contribution in [2.24, 2.45) is 5.41 Å². The molecule has 4 rings (SSSR count). The summed E-state index contributed by atoms with van der Waals surface area (Å²) in [4.78, 5) is 26.9. The Morgan fingerprint density at radius 2 is 1.84 bits per heavy atom. The Morgan fingerprint density at radius 1 is 1.13 bits per heavy atom. The number of benzene rings is 2. The van der Waals surface area contributed by atoms with Crippen LogP contribution >= 0.6 is 0 Å². The highest BCUT2D eigenvalue weighted by Gasteiger charge is 2.51. The largest absolute Gasteiger partial charge is 0.355 e. The van der Waals surface area contributed by atoms with Crippen molar-refractivity contribution in [2.45, 2.75) is 18.8 Å². The Bertz CT molecular complexity index is 987. The van der Waals surface area contributed by atoms with E-state index in [-0.39, 0.29) is 23.5 Å². The van der Waals surface area contributed by atoms with Gasteiger partial charge in [0.25, 0.3) is 5.91 Å². The molecule has 0 unspecified atom stereocenters. The molecule has 0 aliphatic carbocycles. The molecule has 2 aromatic carbocycles. The average Bonchev–Trinajstić information content (AvgIpc) is 3.10. The van der Waals surface area contributed by atoms with Gasteiger partial charge in [-0.3, -0.25) is 9.59 Å². The van der Waals surface area contributed by atoms with Gasteiger partial charge in [-0.25, -0.2) is 4.39 Å². The van der Waals surface area contributed by atoms with Crippen molar-refractivity contribution in [1.82, 2.24) is 15.5 Å². The second-order valence-corrected chi connectivity index (χ2v) is 8.18. The fourth-order valence-electron chi connectivity index (χ4n) is 4.63. The van der Waals surface area contributed by atoms with Gasteiger partial charge in [0.2, 0.25) is 5.91 Å². The highest BCUT2D eigenvalue weighted by molar-refractivity contribution is 5.94. The number of amides is 2. The molecule has 2 amide bonds. The van der Waals surface area contributed by atoms with E-state index in [1.54, 1.807) is 12.1 Å². The molecule has 0 saturated carbocycles. The van der Waals surface area contributed by atoms with E-state index in [1.165, 1.54) is 12.1 Å². The summed E-state index contributed by atoms with van der Waals surface area (Å²) in [6, 6.07) is 15.9. The Labute approximate surface area is 182 Å². The van der Waals surface area contributed by atoms with E-state index in [0.29, 0.717) is 13.1 Å². The van der Waals surface area contributed by atoms with Crippen molar-refractivity contribution in [1.29, 1.82) is 0 Å². The van der Waals surface area contributed by atoms with Crippen LogP contribution in [0.3, 0.4) is 0 Å². The minimum atomic E-state index is -0.432. The summed E-state index contributed by atoms with van der Waals surface area (Å²) in [7, 11) is 0. The molecule has 1 spiro atoms. The van der Waals surface area contributed by atoms with Crippen molar-refractivity contribution in [3.8, 4) is 11.8 Å². The molecule has 2 aliphatic heterocycles. The summed E-state index contributed by atoms with van der Waals surface area (Å²) in [5.41, 5.74) is 1.39. The third kappa shape index (κ3) is 4.78. The van der Waals surface area contributed by atoms with Crippen molar-refractivity contribution in [3.63, 3.8) is 0 Å². The normalized spacial score (nSPS) is 20.0. The molecule has 0 radical (unpaired) electrons. The minimum absolute atomic E-state index is 0.0655. The molecular weight excluding hydrogens is 393 g/mol. The maximum Gasteiger partial charge on any atom is 0.296 e. The first-order chi connectivity index (χ1) is 15.1. The minimum Gasteiger partial charge on any atom is -0.355 e. The third-order valence-electron chi connectivity index (χ3n) is 6.41. The van der Waals surface area contributed by atoms with Gasteiger partial charge in [0, 0.05) is 37.0 Å². The molecule has 2 saturated heterocycles. The Balaban J connectivity index is 1.28. The summed E-state index contributed by atoms with van der Waals surface area (Å²) >= 11 is 0. The molecule has 2 heterocycles. The van der Waals surface area contributed by atoms with Gasteiger partial charge in [0.1, 0.15) is 5.82 Å². The number of piperidine rings is 1. The summed E-state index contributed by atoms with van der Waals surface area (Å²) in [6.45, 7) is 3.41. The van der Waals surface area contributed by atoms with Crippen LogP contribution in [-0.4, -0.2) is 49.4 Å². The Kier molecular flexibility index (Phi) is 6.34. The molecule has 5 nitrogen and oxygen atoms in total. The van der Waals surface area contributed by atoms with Gasteiger partial charge in [-0.05, 0) is 55.8 Å². The standard InChI is InChI=1S/C25H26FN3O2/c26-21-9-7-20(8-10-21)22-18-28-24(31)25(22)12-15-29(16-13-25)17-14-27-23(30)11-6-19-4-2-1-3-5-19/h1-5,7-10,22H,12-18H2,(H,27,30)(H,28,31)/t22-/m0/s1. The van der Waals surface area contributed by atoms with E-state index >= 15 is 0 Å². The molecule has 2 fully saturated rings. The number of hydrogen-bond acceptors (Lipinski definition) is 3. The van der Waals surface area contributed by atoms with Crippen LogP contribution in [0.25, 0.3) is 0 Å². The summed E-state index contributed by atoms with van der Waals surface area (Å²) in [5, 5.41) is 5.86. The average molecular weight is 420 g/mol. The van der Waals surface area contributed by atoms with Gasteiger partial charge in [-0.1, -0.05) is 36.3 Å². The highest BCUT2D eigenvalue weighted by Crippen LogP contribution is 2.47. The van der Waals surface area contributed by atoms with Gasteiger partial charge in [0.15, 0.2) is 0 Å². The Morgan fingerprint density at radius 3 is 2.55 bits per heavy atom. The van der Waals surface area contributed by atoms with Crippen LogP contribution in [0.1, 0.15) is 29.9 Å². The van der Waals surface area contributed by atoms with Gasteiger partial charge in [-0.2, -0.15) is 0 Å². The SMILES string of the molecule is O=C(C#Cc1ccccc1)NCCN1CCC2(CC1)C(=O)NC[C@H]2c1ccc(F)cc1. The van der Waals surface area contributed by atoms with E-state index < -0.39 is 5.41 Å².